The molecule has 1 aromatic carbocycles. The number of anilines is 1. The van der Waals surface area contributed by atoms with Crippen molar-refractivity contribution < 1.29 is 13.3 Å². The van der Waals surface area contributed by atoms with Crippen LogP contribution in [0.15, 0.2) is 23.1 Å². The quantitative estimate of drug-likeness (QED) is 0.487. The lowest BCUT2D eigenvalue weighted by Crippen LogP contribution is -2.36. The zero-order chi connectivity index (χ0) is 14.8. The zero-order valence-corrected chi connectivity index (χ0v) is 11.6. The van der Waals surface area contributed by atoms with E-state index in [9.17, 15) is 18.5 Å². The first-order chi connectivity index (χ1) is 9.46. The number of hydrazine groups is 1. The van der Waals surface area contributed by atoms with Gasteiger partial charge in [0, 0.05) is 19.2 Å². The predicted molar refractivity (Wildman–Crippen MR) is 73.5 cm³/mol. The molecule has 0 aliphatic carbocycles. The minimum atomic E-state index is -3.87. The standard InChI is InChI=1S/C11H16N4O4S/c12-13-9-4-5-10(15(16)17)11(8-9)20(18,19)14-6-2-1-3-7-14/h4-5,8,13H,1-3,6-7,12H2. The topological polar surface area (TPSA) is 119 Å². The molecule has 1 aliphatic heterocycles. The lowest BCUT2D eigenvalue weighted by Gasteiger charge is -2.25. The summed E-state index contributed by atoms with van der Waals surface area (Å²) in [5.41, 5.74) is 2.18. The molecule has 20 heavy (non-hydrogen) atoms. The predicted octanol–water partition coefficient (Wildman–Crippen LogP) is 1.05. The van der Waals surface area contributed by atoms with Gasteiger partial charge in [-0.3, -0.25) is 16.0 Å². The Morgan fingerprint density at radius 1 is 1.25 bits per heavy atom. The van der Waals surface area contributed by atoms with E-state index >= 15 is 0 Å². The van der Waals surface area contributed by atoms with Crippen LogP contribution in [-0.2, 0) is 10.0 Å². The highest BCUT2D eigenvalue weighted by Gasteiger charge is 2.32. The van der Waals surface area contributed by atoms with E-state index < -0.39 is 20.6 Å². The van der Waals surface area contributed by atoms with Crippen molar-refractivity contribution >= 4 is 21.4 Å². The second-order valence-electron chi connectivity index (χ2n) is 4.55. The molecule has 110 valence electrons. The second-order valence-corrected chi connectivity index (χ2v) is 6.46. The van der Waals surface area contributed by atoms with Crippen LogP contribution >= 0.6 is 0 Å². The van der Waals surface area contributed by atoms with Crippen molar-refractivity contribution in [1.82, 2.24) is 4.31 Å². The van der Waals surface area contributed by atoms with E-state index in [1.807, 2.05) is 0 Å². The molecule has 3 N–H and O–H groups in total. The summed E-state index contributed by atoms with van der Waals surface area (Å²) in [6, 6.07) is 3.71. The summed E-state index contributed by atoms with van der Waals surface area (Å²) >= 11 is 0. The minimum Gasteiger partial charge on any atom is -0.324 e. The number of nitro groups is 1. The van der Waals surface area contributed by atoms with E-state index in [4.69, 9.17) is 5.84 Å². The molecule has 9 heteroatoms. The SMILES string of the molecule is NNc1ccc([N+](=O)[O-])c(S(=O)(=O)N2CCCCC2)c1. The molecule has 0 amide bonds. The van der Waals surface area contributed by atoms with Gasteiger partial charge in [-0.05, 0) is 25.0 Å². The van der Waals surface area contributed by atoms with Crippen molar-refractivity contribution in [3.8, 4) is 0 Å². The van der Waals surface area contributed by atoms with Crippen LogP contribution in [0.1, 0.15) is 19.3 Å². The summed E-state index contributed by atoms with van der Waals surface area (Å²) in [6.07, 6.45) is 2.50. The van der Waals surface area contributed by atoms with Gasteiger partial charge in [0.15, 0.2) is 4.90 Å². The van der Waals surface area contributed by atoms with Crippen LogP contribution in [0, 0.1) is 10.1 Å². The summed E-state index contributed by atoms with van der Waals surface area (Å²) in [7, 11) is -3.87. The third-order valence-corrected chi connectivity index (χ3v) is 5.18. The van der Waals surface area contributed by atoms with Gasteiger partial charge in [-0.15, -0.1) is 0 Å². The molecular formula is C11H16N4O4S. The van der Waals surface area contributed by atoms with E-state index in [2.05, 4.69) is 5.43 Å². The van der Waals surface area contributed by atoms with Crippen LogP contribution < -0.4 is 11.3 Å². The van der Waals surface area contributed by atoms with Crippen molar-refractivity contribution in [3.05, 3.63) is 28.3 Å². The molecule has 1 aliphatic rings. The van der Waals surface area contributed by atoms with Gasteiger partial charge in [0.05, 0.1) is 10.6 Å². The fourth-order valence-electron chi connectivity index (χ4n) is 2.21. The number of nitrogens with two attached hydrogens (primary N) is 1. The van der Waals surface area contributed by atoms with Crippen LogP contribution in [0.3, 0.4) is 0 Å². The fraction of sp³-hybridized carbons (Fsp3) is 0.455. The van der Waals surface area contributed by atoms with Crippen molar-refractivity contribution in [2.24, 2.45) is 5.84 Å². The molecule has 0 unspecified atom stereocenters. The van der Waals surface area contributed by atoms with Crippen LogP contribution in [0.2, 0.25) is 0 Å². The largest absolute Gasteiger partial charge is 0.324 e. The molecule has 0 radical (unpaired) electrons. The number of nitro benzene ring substituents is 1. The molecule has 0 aromatic heterocycles. The number of nitrogen functional groups attached to an aromatic ring is 1. The first-order valence-corrected chi connectivity index (χ1v) is 7.66. The lowest BCUT2D eigenvalue weighted by atomic mass is 10.2. The molecule has 1 saturated heterocycles. The number of nitrogens with zero attached hydrogens (tertiary/aromatic N) is 2. The Morgan fingerprint density at radius 3 is 2.45 bits per heavy atom. The summed E-state index contributed by atoms with van der Waals surface area (Å²) in [6.45, 7) is 0.777. The normalized spacial score (nSPS) is 16.9. The molecule has 0 spiro atoms. The number of piperidine rings is 1. The van der Waals surface area contributed by atoms with Crippen molar-refractivity contribution in [3.63, 3.8) is 0 Å². The summed E-state index contributed by atoms with van der Waals surface area (Å²) < 4.78 is 26.4. The molecule has 8 nitrogen and oxygen atoms in total. The van der Waals surface area contributed by atoms with Gasteiger partial charge in [0.25, 0.3) is 5.69 Å². The van der Waals surface area contributed by atoms with Crippen molar-refractivity contribution in [2.75, 3.05) is 18.5 Å². The average molecular weight is 300 g/mol. The first-order valence-electron chi connectivity index (χ1n) is 6.22. The number of rotatable bonds is 4. The van der Waals surface area contributed by atoms with E-state index in [-0.39, 0.29) is 4.90 Å². The molecule has 1 fully saturated rings. The van der Waals surface area contributed by atoms with E-state index in [0.717, 1.165) is 25.3 Å². The summed E-state index contributed by atoms with van der Waals surface area (Å²) in [5.74, 6) is 5.24. The molecule has 0 saturated carbocycles. The highest BCUT2D eigenvalue weighted by molar-refractivity contribution is 7.89. The minimum absolute atomic E-state index is 0.311. The molecule has 1 aromatic rings. The number of hydrogen-bond donors (Lipinski definition) is 2. The number of nitrogens with one attached hydrogen (secondary N) is 1. The summed E-state index contributed by atoms with van der Waals surface area (Å²) in [5, 5.41) is 11.0. The maximum atomic E-state index is 12.5. The maximum Gasteiger partial charge on any atom is 0.289 e. The van der Waals surface area contributed by atoms with Crippen LogP contribution in [0.5, 0.6) is 0 Å². The smallest absolute Gasteiger partial charge is 0.289 e. The Balaban J connectivity index is 2.50. The Bertz CT molecular complexity index is 611. The van der Waals surface area contributed by atoms with E-state index in [1.165, 1.54) is 16.4 Å². The van der Waals surface area contributed by atoms with Crippen LogP contribution in [0.4, 0.5) is 11.4 Å². The van der Waals surface area contributed by atoms with Gasteiger partial charge >= 0.3 is 0 Å². The average Bonchev–Trinajstić information content (AvgIpc) is 2.47. The van der Waals surface area contributed by atoms with Crippen molar-refractivity contribution in [1.29, 1.82) is 0 Å². The summed E-state index contributed by atoms with van der Waals surface area (Å²) in [4.78, 5) is 10.0. The van der Waals surface area contributed by atoms with Crippen molar-refractivity contribution in [2.45, 2.75) is 24.2 Å². The van der Waals surface area contributed by atoms with Gasteiger partial charge in [-0.1, -0.05) is 6.42 Å². The third kappa shape index (κ3) is 2.74. The molecule has 0 bridgehead atoms. The fourth-order valence-corrected chi connectivity index (χ4v) is 3.91. The molecule has 0 atom stereocenters. The van der Waals surface area contributed by atoms with E-state index in [1.54, 1.807) is 0 Å². The Kier molecular flexibility index (Phi) is 4.21. The number of sulfonamides is 1. The number of hydrogen-bond acceptors (Lipinski definition) is 6. The van der Waals surface area contributed by atoms with Crippen LogP contribution in [-0.4, -0.2) is 30.7 Å². The monoisotopic (exact) mass is 300 g/mol. The molecule has 2 rings (SSSR count). The van der Waals surface area contributed by atoms with Crippen LogP contribution in [0.25, 0.3) is 0 Å². The van der Waals surface area contributed by atoms with Gasteiger partial charge < -0.3 is 5.43 Å². The zero-order valence-electron chi connectivity index (χ0n) is 10.8. The Labute approximate surface area is 116 Å². The van der Waals surface area contributed by atoms with Gasteiger partial charge in [0.2, 0.25) is 10.0 Å². The Morgan fingerprint density at radius 2 is 1.90 bits per heavy atom. The third-order valence-electron chi connectivity index (χ3n) is 3.26. The maximum absolute atomic E-state index is 12.5. The Hall–Kier alpha value is -1.71. The lowest BCUT2D eigenvalue weighted by molar-refractivity contribution is -0.387. The highest BCUT2D eigenvalue weighted by atomic mass is 32.2. The first kappa shape index (κ1) is 14.7. The van der Waals surface area contributed by atoms with Gasteiger partial charge in [-0.2, -0.15) is 4.31 Å². The number of benzene rings is 1. The molecule has 1 heterocycles. The molecular weight excluding hydrogens is 284 g/mol. The highest BCUT2D eigenvalue weighted by Crippen LogP contribution is 2.30. The van der Waals surface area contributed by atoms with Gasteiger partial charge in [-0.25, -0.2) is 8.42 Å². The second kappa shape index (κ2) is 5.73. The van der Waals surface area contributed by atoms with Gasteiger partial charge in [0.1, 0.15) is 0 Å². The van der Waals surface area contributed by atoms with E-state index in [0.29, 0.717) is 18.8 Å².